The first-order valence-electron chi connectivity index (χ1n) is 18.9. The molecule has 1 saturated heterocycles. The number of aromatic nitrogens is 2. The number of carbonyl (C=O) groups excluding carboxylic acids is 4. The number of alkyl carbamates (subject to hydrolysis) is 1. The van der Waals surface area contributed by atoms with Crippen LogP contribution in [0.4, 0.5) is 4.79 Å². The molecule has 1 aromatic heterocycles. The Bertz CT molecular complexity index is 1970. The van der Waals surface area contributed by atoms with E-state index >= 15 is 0 Å². The SMILES string of the molecule is C=C[C@@H]1C[C@]1(NC(=O)[C@@H]1C[C@@H]2CN1C(=O)[C@H](C(C)(C)C)NC(=O)O[C@@H]1C[C@H]1CCCCCc1nc3ccc(OC)cc3nc1O2)C(=O)NS(=O)(=O)C1CC1.[Na]. The number of sulfonamides is 1. The fraction of sp³-hybridized carbons (Fsp3) is 0.632. The maximum Gasteiger partial charge on any atom is 0.408 e. The summed E-state index contributed by atoms with van der Waals surface area (Å²) in [5.74, 6) is -1.39. The van der Waals surface area contributed by atoms with Crippen LogP contribution < -0.4 is 24.8 Å². The number of methoxy groups -OCH3 is 1. The minimum absolute atomic E-state index is 0. The predicted molar refractivity (Wildman–Crippen MR) is 203 cm³/mol. The Kier molecular flexibility index (Phi) is 11.8. The maximum atomic E-state index is 14.6. The Morgan fingerprint density at radius 3 is 2.51 bits per heavy atom. The number of amides is 4. The van der Waals surface area contributed by atoms with Crippen molar-refractivity contribution in [2.24, 2.45) is 17.3 Å². The molecule has 293 valence electrons. The van der Waals surface area contributed by atoms with Gasteiger partial charge >= 0.3 is 6.09 Å². The third-order valence-electron chi connectivity index (χ3n) is 11.3. The van der Waals surface area contributed by atoms with Crippen molar-refractivity contribution in [1.29, 1.82) is 0 Å². The number of nitrogens with zero attached hydrogens (tertiary/aromatic N) is 3. The van der Waals surface area contributed by atoms with Crippen molar-refractivity contribution in [2.45, 2.75) is 120 Å². The van der Waals surface area contributed by atoms with Crippen molar-refractivity contribution < 1.29 is 41.8 Å². The second-order valence-electron chi connectivity index (χ2n) is 16.5. The summed E-state index contributed by atoms with van der Waals surface area (Å²) in [6, 6.07) is 3.20. The van der Waals surface area contributed by atoms with Gasteiger partial charge in [-0.05, 0) is 68.4 Å². The smallest absolute Gasteiger partial charge is 0.408 e. The molecule has 7 atom stereocenters. The number of hydrogen-bond donors (Lipinski definition) is 3. The van der Waals surface area contributed by atoms with E-state index in [0.717, 1.165) is 32.1 Å². The molecular weight excluding hydrogens is 740 g/mol. The molecule has 1 aromatic carbocycles. The third kappa shape index (κ3) is 8.92. The number of hydrogen-bond acceptors (Lipinski definition) is 11. The van der Waals surface area contributed by atoms with Gasteiger partial charge in [-0.15, -0.1) is 6.58 Å². The molecule has 5 aliphatic rings. The van der Waals surface area contributed by atoms with Gasteiger partial charge in [-0.3, -0.25) is 19.1 Å². The second-order valence-corrected chi connectivity index (χ2v) is 18.4. The van der Waals surface area contributed by atoms with E-state index in [4.69, 9.17) is 24.2 Å². The van der Waals surface area contributed by atoms with E-state index in [0.29, 0.717) is 47.6 Å². The minimum Gasteiger partial charge on any atom is -0.497 e. The second kappa shape index (κ2) is 15.8. The summed E-state index contributed by atoms with van der Waals surface area (Å²) in [4.78, 5) is 66.8. The Morgan fingerprint density at radius 2 is 1.84 bits per heavy atom. The van der Waals surface area contributed by atoms with E-state index in [2.05, 4.69) is 21.9 Å². The standard InChI is InChI=1S/C38H50N6O9S.Na/c1-6-22-19-38(22,35(47)43-54(49,50)25-13-14-25)42-32(45)29-18-24-20-44(29)34(46)31(37(2,3)4)41-36(48)53-30-16-21(30)10-8-7-9-11-27-33(52-24)40-28-17-23(51-5)12-15-26(28)39-27;/h6,12,15,17,21-22,24-25,29-31H,1,7-11,13-14,16,18-20H2,2-5H3,(H,41,48)(H,42,45)(H,43,47);/t21-,22-,24-,29+,30-,31-,38-;/m1./s1. The van der Waals surface area contributed by atoms with E-state index in [-0.39, 0.29) is 61.0 Å². The van der Waals surface area contributed by atoms with Crippen molar-refractivity contribution >= 4 is 74.4 Å². The zero-order valence-electron chi connectivity index (χ0n) is 32.3. The maximum absolute atomic E-state index is 14.6. The molecule has 0 spiro atoms. The van der Waals surface area contributed by atoms with E-state index in [1.807, 2.05) is 32.9 Å². The molecule has 55 heavy (non-hydrogen) atoms. The third-order valence-corrected chi connectivity index (χ3v) is 13.1. The molecule has 4 fully saturated rings. The van der Waals surface area contributed by atoms with Crippen molar-refractivity contribution in [3.8, 4) is 11.6 Å². The Labute approximate surface area is 343 Å². The number of nitrogens with one attached hydrogen (secondary N) is 3. The van der Waals surface area contributed by atoms with E-state index in [1.165, 1.54) is 11.0 Å². The number of rotatable bonds is 7. The molecule has 15 nitrogen and oxygen atoms in total. The molecule has 7 rings (SSSR count). The van der Waals surface area contributed by atoms with E-state index in [9.17, 15) is 27.6 Å². The molecule has 3 N–H and O–H groups in total. The summed E-state index contributed by atoms with van der Waals surface area (Å²) < 4.78 is 45.3. The zero-order valence-corrected chi connectivity index (χ0v) is 35.1. The van der Waals surface area contributed by atoms with Crippen molar-refractivity contribution in [3.05, 3.63) is 36.5 Å². The molecule has 3 saturated carbocycles. The van der Waals surface area contributed by atoms with Crippen LogP contribution in [0.1, 0.15) is 84.3 Å². The molecule has 17 heteroatoms. The first kappa shape index (κ1) is 41.2. The molecule has 4 amide bonds. The molecule has 2 aliphatic heterocycles. The quantitative estimate of drug-likeness (QED) is 0.276. The topological polar surface area (TPSA) is 195 Å². The van der Waals surface area contributed by atoms with Crippen LogP contribution in [0, 0.1) is 17.3 Å². The van der Waals surface area contributed by atoms with Gasteiger partial charge in [0.2, 0.25) is 27.7 Å². The fourth-order valence-electron chi connectivity index (χ4n) is 7.64. The Balaban J connectivity index is 0.00000514. The average molecular weight is 790 g/mol. The van der Waals surface area contributed by atoms with Gasteiger partial charge in [0.15, 0.2) is 0 Å². The first-order chi connectivity index (χ1) is 25.6. The Morgan fingerprint density at radius 1 is 1.07 bits per heavy atom. The molecule has 3 heterocycles. The summed E-state index contributed by atoms with van der Waals surface area (Å²) in [5.41, 5.74) is -0.451. The summed E-state index contributed by atoms with van der Waals surface area (Å²) >= 11 is 0. The number of ether oxygens (including phenoxy) is 3. The van der Waals surface area contributed by atoms with Crippen LogP contribution >= 0.6 is 0 Å². The van der Waals surface area contributed by atoms with Gasteiger partial charge in [0.05, 0.1) is 29.9 Å². The predicted octanol–water partition coefficient (Wildman–Crippen LogP) is 2.92. The van der Waals surface area contributed by atoms with Crippen LogP contribution in [0.15, 0.2) is 30.9 Å². The molecule has 2 aromatic rings. The van der Waals surface area contributed by atoms with E-state index in [1.54, 1.807) is 13.2 Å². The normalized spacial score (nSPS) is 29.7. The van der Waals surface area contributed by atoms with Crippen LogP contribution in [-0.2, 0) is 35.6 Å². The van der Waals surface area contributed by atoms with Gasteiger partial charge in [-0.2, -0.15) is 0 Å². The molecule has 1 radical (unpaired) electrons. The molecule has 0 unspecified atom stereocenters. The summed E-state index contributed by atoms with van der Waals surface area (Å²) in [5, 5.41) is 4.96. The number of benzene rings is 1. The fourth-order valence-corrected chi connectivity index (χ4v) is 9.00. The summed E-state index contributed by atoms with van der Waals surface area (Å²) in [6.07, 6.45) is 5.93. The largest absolute Gasteiger partial charge is 0.497 e. The van der Waals surface area contributed by atoms with Crippen LogP contribution in [0.25, 0.3) is 11.0 Å². The molecule has 2 bridgehead atoms. The van der Waals surface area contributed by atoms with Gasteiger partial charge in [-0.1, -0.05) is 39.7 Å². The van der Waals surface area contributed by atoms with Gasteiger partial charge in [0.25, 0.3) is 5.91 Å². The van der Waals surface area contributed by atoms with Gasteiger partial charge < -0.3 is 29.7 Å². The van der Waals surface area contributed by atoms with Crippen molar-refractivity contribution in [3.63, 3.8) is 0 Å². The van der Waals surface area contributed by atoms with Crippen LogP contribution in [0.5, 0.6) is 11.6 Å². The van der Waals surface area contributed by atoms with Crippen LogP contribution in [0.3, 0.4) is 0 Å². The van der Waals surface area contributed by atoms with Crippen molar-refractivity contribution in [1.82, 2.24) is 30.2 Å². The average Bonchev–Trinajstić information content (AvgIpc) is 4.04. The Hall–Kier alpha value is -3.47. The van der Waals surface area contributed by atoms with Gasteiger partial charge in [-0.25, -0.2) is 23.2 Å². The van der Waals surface area contributed by atoms with Crippen molar-refractivity contribution in [2.75, 3.05) is 13.7 Å². The molecule has 3 aliphatic carbocycles. The summed E-state index contributed by atoms with van der Waals surface area (Å²) in [7, 11) is -2.33. The number of aryl methyl sites for hydroxylation is 1. The van der Waals surface area contributed by atoms with Crippen LogP contribution in [-0.4, -0.2) is 125 Å². The van der Waals surface area contributed by atoms with Gasteiger partial charge in [0.1, 0.15) is 41.3 Å². The molecular formula is C38H50N6NaO9S. The summed E-state index contributed by atoms with van der Waals surface area (Å²) in [6.45, 7) is 9.18. The number of fused-ring (bicyclic) bond motifs is 5. The first-order valence-corrected chi connectivity index (χ1v) is 20.5. The van der Waals surface area contributed by atoms with Gasteiger partial charge in [0, 0.05) is 48.0 Å². The number of carbonyl (C=O) groups is 4. The minimum atomic E-state index is -3.90. The zero-order chi connectivity index (χ0) is 38.6. The van der Waals surface area contributed by atoms with Crippen LogP contribution in [0.2, 0.25) is 0 Å². The monoisotopic (exact) mass is 789 g/mol. The van der Waals surface area contributed by atoms with E-state index < -0.39 is 74.1 Å².